The number of nitrogens with zero attached hydrogens (tertiary/aromatic N) is 1. The van der Waals surface area contributed by atoms with Crippen molar-refractivity contribution in [3.8, 4) is 0 Å². The molecule has 0 saturated carbocycles. The van der Waals surface area contributed by atoms with Gasteiger partial charge in [0.1, 0.15) is 11.5 Å². The topological polar surface area (TPSA) is 140 Å². The highest BCUT2D eigenvalue weighted by Gasteiger charge is 2.16. The van der Waals surface area contributed by atoms with E-state index in [1.165, 1.54) is 35.4 Å². The van der Waals surface area contributed by atoms with Crippen LogP contribution in [0.1, 0.15) is 28.7 Å². The maximum atomic E-state index is 13.0. The summed E-state index contributed by atoms with van der Waals surface area (Å²) in [4.78, 5) is 54.7. The van der Waals surface area contributed by atoms with Crippen LogP contribution in [0.25, 0.3) is 6.08 Å². The number of carbonyl (C=O) groups excluding carboxylic acids is 4. The highest BCUT2D eigenvalue weighted by molar-refractivity contribution is 8.00. The number of furan rings is 1. The van der Waals surface area contributed by atoms with E-state index in [0.717, 1.165) is 4.90 Å². The molecule has 10 nitrogen and oxygen atoms in total. The predicted molar refractivity (Wildman–Crippen MR) is 157 cm³/mol. The monoisotopic (exact) mass is 590 g/mol. The molecular formula is C29H26N4O6S2. The highest BCUT2D eigenvalue weighted by Crippen LogP contribution is 2.22. The summed E-state index contributed by atoms with van der Waals surface area (Å²) in [5, 5.41) is 10.2. The Kier molecular flexibility index (Phi) is 10.5. The summed E-state index contributed by atoms with van der Waals surface area (Å²) in [6.45, 7) is 2.03. The van der Waals surface area contributed by atoms with Gasteiger partial charge in [0.25, 0.3) is 11.8 Å². The number of thioether (sulfide) groups is 1. The average Bonchev–Trinajstić information content (AvgIpc) is 3.65. The summed E-state index contributed by atoms with van der Waals surface area (Å²) < 4.78 is 10.2. The lowest BCUT2D eigenvalue weighted by Gasteiger charge is -2.11. The van der Waals surface area contributed by atoms with Gasteiger partial charge >= 0.3 is 5.97 Å². The van der Waals surface area contributed by atoms with Crippen molar-refractivity contribution in [1.82, 2.24) is 10.3 Å². The maximum absolute atomic E-state index is 13.0. The van der Waals surface area contributed by atoms with Gasteiger partial charge in [0, 0.05) is 27.6 Å². The molecule has 0 unspecified atom stereocenters. The fraction of sp³-hybridized carbons (Fsp3) is 0.138. The van der Waals surface area contributed by atoms with Crippen LogP contribution in [0, 0.1) is 0 Å². The van der Waals surface area contributed by atoms with E-state index < -0.39 is 11.8 Å². The summed E-state index contributed by atoms with van der Waals surface area (Å²) in [6.07, 6.45) is 2.97. The van der Waals surface area contributed by atoms with Gasteiger partial charge in [-0.1, -0.05) is 18.2 Å². The summed E-state index contributed by atoms with van der Waals surface area (Å²) in [6, 6.07) is 18.8. The zero-order chi connectivity index (χ0) is 29.0. The maximum Gasteiger partial charge on any atom is 0.311 e. The third-order valence-corrected chi connectivity index (χ3v) is 7.09. The molecule has 0 bridgehead atoms. The van der Waals surface area contributed by atoms with Crippen molar-refractivity contribution in [1.29, 1.82) is 0 Å². The fourth-order valence-electron chi connectivity index (χ4n) is 3.40. The summed E-state index contributed by atoms with van der Waals surface area (Å²) >= 11 is 2.55. The number of ether oxygens (including phenoxy) is 1. The number of anilines is 2. The number of thiazole rings is 1. The van der Waals surface area contributed by atoms with Crippen LogP contribution >= 0.6 is 23.1 Å². The average molecular weight is 591 g/mol. The molecule has 0 fully saturated rings. The Morgan fingerprint density at radius 3 is 2.49 bits per heavy atom. The molecule has 3 amide bonds. The largest absolute Gasteiger partial charge is 0.466 e. The van der Waals surface area contributed by atoms with Crippen LogP contribution in [0.5, 0.6) is 0 Å². The molecule has 2 heterocycles. The molecule has 4 aromatic rings. The molecule has 0 saturated heterocycles. The zero-order valence-corrected chi connectivity index (χ0v) is 23.6. The van der Waals surface area contributed by atoms with Gasteiger partial charge in [-0.05, 0) is 55.5 Å². The van der Waals surface area contributed by atoms with Crippen molar-refractivity contribution < 1.29 is 28.3 Å². The van der Waals surface area contributed by atoms with Crippen LogP contribution in [0.15, 0.2) is 93.4 Å². The Bertz CT molecular complexity index is 1520. The number of amides is 3. The van der Waals surface area contributed by atoms with E-state index in [2.05, 4.69) is 20.9 Å². The van der Waals surface area contributed by atoms with E-state index in [1.54, 1.807) is 79.0 Å². The molecule has 0 aliphatic rings. The molecule has 210 valence electrons. The minimum atomic E-state index is -0.531. The third-order valence-electron chi connectivity index (χ3n) is 5.27. The number of hydrogen-bond acceptors (Lipinski definition) is 9. The molecular weight excluding hydrogens is 564 g/mol. The number of rotatable bonds is 12. The number of nitrogens with one attached hydrogen (secondary N) is 3. The molecule has 41 heavy (non-hydrogen) atoms. The lowest BCUT2D eigenvalue weighted by molar-refractivity contribution is -0.142. The number of aromatic nitrogens is 1. The first kappa shape index (κ1) is 29.3. The molecule has 2 aromatic heterocycles. The second-order valence-electron chi connectivity index (χ2n) is 8.33. The van der Waals surface area contributed by atoms with E-state index in [4.69, 9.17) is 9.15 Å². The second kappa shape index (κ2) is 14.6. The van der Waals surface area contributed by atoms with Crippen molar-refractivity contribution in [2.24, 2.45) is 0 Å². The Balaban J connectivity index is 1.31. The van der Waals surface area contributed by atoms with E-state index in [-0.39, 0.29) is 29.7 Å². The standard InChI is InChI=1S/C29H26N4O6S2/c1-2-38-26(35)15-21-17-41-29(31-21)33-25(34)18-40-23-12-10-20(11-13-23)30-28(37)24(16-22-9-6-14-39-22)32-27(36)19-7-4-3-5-8-19/h3-14,16-17H,2,15,18H2,1H3,(H,30,37)(H,32,36)(H,31,33,34)/b24-16-. The van der Waals surface area contributed by atoms with Crippen molar-refractivity contribution in [3.63, 3.8) is 0 Å². The van der Waals surface area contributed by atoms with E-state index >= 15 is 0 Å². The van der Waals surface area contributed by atoms with Crippen LogP contribution in [0.4, 0.5) is 10.8 Å². The number of benzene rings is 2. The molecule has 0 radical (unpaired) electrons. The van der Waals surface area contributed by atoms with Crippen LogP contribution in [-0.4, -0.2) is 41.0 Å². The minimum absolute atomic E-state index is 0.0107. The predicted octanol–water partition coefficient (Wildman–Crippen LogP) is 4.98. The van der Waals surface area contributed by atoms with Gasteiger partial charge in [-0.15, -0.1) is 23.1 Å². The van der Waals surface area contributed by atoms with Crippen LogP contribution < -0.4 is 16.0 Å². The first-order valence-electron chi connectivity index (χ1n) is 12.5. The number of hydrogen-bond donors (Lipinski definition) is 3. The smallest absolute Gasteiger partial charge is 0.311 e. The Labute approximate surface area is 244 Å². The van der Waals surface area contributed by atoms with Gasteiger partial charge in [-0.25, -0.2) is 4.98 Å². The summed E-state index contributed by atoms with van der Waals surface area (Å²) in [7, 11) is 0. The van der Waals surface area contributed by atoms with Crippen LogP contribution in [0.3, 0.4) is 0 Å². The molecule has 3 N–H and O–H groups in total. The normalized spacial score (nSPS) is 11.0. The number of esters is 1. The third kappa shape index (κ3) is 9.19. The van der Waals surface area contributed by atoms with E-state index in [0.29, 0.717) is 34.4 Å². The first-order chi connectivity index (χ1) is 19.9. The fourth-order valence-corrected chi connectivity index (χ4v) is 4.83. The van der Waals surface area contributed by atoms with Crippen LogP contribution in [0.2, 0.25) is 0 Å². The van der Waals surface area contributed by atoms with Gasteiger partial charge in [-0.2, -0.15) is 0 Å². The quantitative estimate of drug-likeness (QED) is 0.119. The van der Waals surface area contributed by atoms with Crippen molar-refractivity contribution in [2.75, 3.05) is 23.0 Å². The van der Waals surface area contributed by atoms with Gasteiger partial charge < -0.3 is 25.1 Å². The van der Waals surface area contributed by atoms with Gasteiger partial charge in [-0.3, -0.25) is 19.2 Å². The Hall–Kier alpha value is -4.68. The molecule has 0 spiro atoms. The van der Waals surface area contributed by atoms with Crippen LogP contribution in [-0.2, 0) is 25.5 Å². The molecule has 0 aliphatic carbocycles. The molecule has 12 heteroatoms. The Morgan fingerprint density at radius 2 is 1.78 bits per heavy atom. The lowest BCUT2D eigenvalue weighted by atomic mass is 10.2. The number of carbonyl (C=O) groups is 4. The van der Waals surface area contributed by atoms with E-state index in [1.807, 2.05) is 0 Å². The zero-order valence-electron chi connectivity index (χ0n) is 21.9. The molecule has 4 rings (SSSR count). The molecule has 2 aromatic carbocycles. The van der Waals surface area contributed by atoms with Gasteiger partial charge in [0.15, 0.2) is 5.13 Å². The van der Waals surface area contributed by atoms with Crippen molar-refractivity contribution >= 4 is 63.7 Å². The minimum Gasteiger partial charge on any atom is -0.466 e. The van der Waals surface area contributed by atoms with Crippen molar-refractivity contribution in [3.05, 3.63) is 101 Å². The second-order valence-corrected chi connectivity index (χ2v) is 10.2. The first-order valence-corrected chi connectivity index (χ1v) is 14.3. The van der Waals surface area contributed by atoms with Gasteiger partial charge in [0.05, 0.1) is 30.7 Å². The highest BCUT2D eigenvalue weighted by atomic mass is 32.2. The SMILES string of the molecule is CCOC(=O)Cc1csc(NC(=O)CSc2ccc(NC(=O)/C(=C/c3ccco3)NC(=O)c3ccccc3)cc2)n1. The molecule has 0 atom stereocenters. The summed E-state index contributed by atoms with van der Waals surface area (Å²) in [5.74, 6) is -1.03. The summed E-state index contributed by atoms with van der Waals surface area (Å²) in [5.41, 5.74) is 1.45. The van der Waals surface area contributed by atoms with E-state index in [9.17, 15) is 19.2 Å². The Morgan fingerprint density at radius 1 is 1.00 bits per heavy atom. The molecule has 0 aliphatic heterocycles. The van der Waals surface area contributed by atoms with Crippen molar-refractivity contribution in [2.45, 2.75) is 18.2 Å². The lowest BCUT2D eigenvalue weighted by Crippen LogP contribution is -2.30. The van der Waals surface area contributed by atoms with Gasteiger partial charge in [0.2, 0.25) is 5.91 Å².